The smallest absolute Gasteiger partial charge is 0.142 e. The van der Waals surface area contributed by atoms with E-state index in [-0.39, 0.29) is 6.10 Å². The molecular weight excluding hydrogens is 248 g/mol. The molecule has 0 radical (unpaired) electrons. The minimum atomic E-state index is -0.273. The fraction of sp³-hybridized carbons (Fsp3) is 0.833. The van der Waals surface area contributed by atoms with Crippen LogP contribution >= 0.6 is 0 Å². The van der Waals surface area contributed by atoms with Crippen LogP contribution in [0.5, 0.6) is 0 Å². The highest BCUT2D eigenvalue weighted by molar-refractivity contribution is 5.64. The average molecular weight is 282 g/mol. The molecule has 2 heteroatoms. The third-order valence-corrected chi connectivity index (χ3v) is 3.76. The first kappa shape index (κ1) is 19.4. The molecule has 0 aromatic carbocycles. The van der Waals surface area contributed by atoms with Gasteiger partial charge in [-0.05, 0) is 18.9 Å². The SMILES string of the molecule is CCCCCCCCCCCCCC(O)C/C=C/C=O. The lowest BCUT2D eigenvalue weighted by Crippen LogP contribution is -2.04. The first-order valence-corrected chi connectivity index (χ1v) is 8.59. The number of hydrogen-bond acceptors (Lipinski definition) is 2. The van der Waals surface area contributed by atoms with Gasteiger partial charge in [-0.2, -0.15) is 0 Å². The molecule has 0 rings (SSSR count). The molecule has 0 aliphatic carbocycles. The summed E-state index contributed by atoms with van der Waals surface area (Å²) in [6.07, 6.45) is 19.8. The highest BCUT2D eigenvalue weighted by atomic mass is 16.3. The van der Waals surface area contributed by atoms with E-state index in [0.717, 1.165) is 19.1 Å². The summed E-state index contributed by atoms with van der Waals surface area (Å²) in [5.41, 5.74) is 0. The third kappa shape index (κ3) is 15.4. The van der Waals surface area contributed by atoms with Gasteiger partial charge in [-0.3, -0.25) is 4.79 Å². The standard InChI is InChI=1S/C18H34O2/c1-2-3-4-5-6-7-8-9-10-11-12-15-18(20)16-13-14-17-19/h13-14,17-18,20H,2-12,15-16H2,1H3/b14-13+. The number of hydrogen-bond donors (Lipinski definition) is 1. The van der Waals surface area contributed by atoms with Crippen LogP contribution in [-0.4, -0.2) is 17.5 Å². The van der Waals surface area contributed by atoms with E-state index in [9.17, 15) is 9.90 Å². The summed E-state index contributed by atoms with van der Waals surface area (Å²) in [6.45, 7) is 2.26. The van der Waals surface area contributed by atoms with E-state index in [1.165, 1.54) is 70.3 Å². The van der Waals surface area contributed by atoms with Gasteiger partial charge in [0.2, 0.25) is 0 Å². The van der Waals surface area contributed by atoms with Crippen molar-refractivity contribution in [3.63, 3.8) is 0 Å². The van der Waals surface area contributed by atoms with Crippen LogP contribution in [0.15, 0.2) is 12.2 Å². The maximum Gasteiger partial charge on any atom is 0.142 e. The third-order valence-electron chi connectivity index (χ3n) is 3.76. The molecule has 1 unspecified atom stereocenters. The van der Waals surface area contributed by atoms with Crippen LogP contribution < -0.4 is 0 Å². The Labute approximate surface area is 125 Å². The Bertz CT molecular complexity index is 223. The van der Waals surface area contributed by atoms with Crippen molar-refractivity contribution >= 4 is 6.29 Å². The number of rotatable bonds is 15. The fourth-order valence-corrected chi connectivity index (χ4v) is 2.45. The minimum Gasteiger partial charge on any atom is -0.393 e. The predicted octanol–water partition coefficient (Wildman–Crippen LogP) is 5.19. The van der Waals surface area contributed by atoms with Gasteiger partial charge in [-0.1, -0.05) is 83.6 Å². The number of carbonyl (C=O) groups excluding carboxylic acids is 1. The molecule has 0 aromatic rings. The summed E-state index contributed by atoms with van der Waals surface area (Å²) in [7, 11) is 0. The molecule has 0 bridgehead atoms. The zero-order chi connectivity index (χ0) is 14.9. The first-order valence-electron chi connectivity index (χ1n) is 8.59. The number of carbonyl (C=O) groups is 1. The monoisotopic (exact) mass is 282 g/mol. The molecular formula is C18H34O2. The normalized spacial score (nSPS) is 12.9. The molecule has 2 nitrogen and oxygen atoms in total. The van der Waals surface area contributed by atoms with Crippen molar-refractivity contribution in [1.29, 1.82) is 0 Å². The van der Waals surface area contributed by atoms with Crippen LogP contribution in [0.25, 0.3) is 0 Å². The number of aldehydes is 1. The molecule has 0 aliphatic rings. The number of aliphatic hydroxyl groups excluding tert-OH is 1. The van der Waals surface area contributed by atoms with Crippen molar-refractivity contribution < 1.29 is 9.90 Å². The van der Waals surface area contributed by atoms with Gasteiger partial charge in [0.05, 0.1) is 6.10 Å². The van der Waals surface area contributed by atoms with Gasteiger partial charge in [0, 0.05) is 0 Å². The van der Waals surface area contributed by atoms with Gasteiger partial charge < -0.3 is 5.11 Å². The first-order chi connectivity index (χ1) is 9.81. The summed E-state index contributed by atoms with van der Waals surface area (Å²) in [5, 5.41) is 9.65. The van der Waals surface area contributed by atoms with Gasteiger partial charge in [0.25, 0.3) is 0 Å². The van der Waals surface area contributed by atoms with Crippen molar-refractivity contribution in [3.05, 3.63) is 12.2 Å². The van der Waals surface area contributed by atoms with Crippen LogP contribution in [-0.2, 0) is 4.79 Å². The van der Waals surface area contributed by atoms with E-state index in [1.54, 1.807) is 6.08 Å². The molecule has 20 heavy (non-hydrogen) atoms. The number of allylic oxidation sites excluding steroid dienone is 1. The number of aliphatic hydroxyl groups is 1. The Morgan fingerprint density at radius 2 is 1.35 bits per heavy atom. The average Bonchev–Trinajstić information content (AvgIpc) is 2.45. The molecule has 1 atom stereocenters. The van der Waals surface area contributed by atoms with E-state index in [2.05, 4.69) is 6.92 Å². The van der Waals surface area contributed by atoms with Crippen LogP contribution in [0.4, 0.5) is 0 Å². The van der Waals surface area contributed by atoms with E-state index in [1.807, 2.05) is 0 Å². The Morgan fingerprint density at radius 3 is 1.85 bits per heavy atom. The van der Waals surface area contributed by atoms with Crippen molar-refractivity contribution in [1.82, 2.24) is 0 Å². The lowest BCUT2D eigenvalue weighted by atomic mass is 10.0. The van der Waals surface area contributed by atoms with E-state index < -0.39 is 0 Å². The largest absolute Gasteiger partial charge is 0.393 e. The molecule has 0 aliphatic heterocycles. The zero-order valence-corrected chi connectivity index (χ0v) is 13.4. The van der Waals surface area contributed by atoms with Gasteiger partial charge >= 0.3 is 0 Å². The molecule has 118 valence electrons. The summed E-state index contributed by atoms with van der Waals surface area (Å²) in [4.78, 5) is 10.1. The molecule has 0 saturated carbocycles. The molecule has 0 fully saturated rings. The maximum absolute atomic E-state index is 10.1. The quantitative estimate of drug-likeness (QED) is 0.255. The van der Waals surface area contributed by atoms with E-state index in [0.29, 0.717) is 6.42 Å². The summed E-state index contributed by atoms with van der Waals surface area (Å²) < 4.78 is 0. The Kier molecular flexibility index (Phi) is 15.9. The second kappa shape index (κ2) is 16.4. The number of unbranched alkanes of at least 4 members (excludes halogenated alkanes) is 10. The van der Waals surface area contributed by atoms with Crippen LogP contribution in [0.3, 0.4) is 0 Å². The van der Waals surface area contributed by atoms with E-state index >= 15 is 0 Å². The molecule has 1 N–H and O–H groups in total. The van der Waals surface area contributed by atoms with Crippen LogP contribution in [0, 0.1) is 0 Å². The zero-order valence-electron chi connectivity index (χ0n) is 13.4. The fourth-order valence-electron chi connectivity index (χ4n) is 2.45. The Hall–Kier alpha value is -0.630. The Balaban J connectivity index is 3.12. The van der Waals surface area contributed by atoms with Crippen molar-refractivity contribution in [3.8, 4) is 0 Å². The van der Waals surface area contributed by atoms with Crippen molar-refractivity contribution in [2.24, 2.45) is 0 Å². The lowest BCUT2D eigenvalue weighted by molar-refractivity contribution is -0.104. The maximum atomic E-state index is 10.1. The minimum absolute atomic E-state index is 0.273. The molecule has 0 aromatic heterocycles. The predicted molar refractivity (Wildman–Crippen MR) is 86.9 cm³/mol. The lowest BCUT2D eigenvalue weighted by Gasteiger charge is -2.07. The highest BCUT2D eigenvalue weighted by Crippen LogP contribution is 2.13. The highest BCUT2D eigenvalue weighted by Gasteiger charge is 2.01. The second-order valence-corrected chi connectivity index (χ2v) is 5.78. The molecule has 0 saturated heterocycles. The van der Waals surface area contributed by atoms with Crippen molar-refractivity contribution in [2.45, 2.75) is 96.5 Å². The van der Waals surface area contributed by atoms with Gasteiger partial charge in [0.1, 0.15) is 6.29 Å². The van der Waals surface area contributed by atoms with Crippen LogP contribution in [0.1, 0.15) is 90.4 Å². The summed E-state index contributed by atoms with van der Waals surface area (Å²) in [6, 6.07) is 0. The molecule has 0 amide bonds. The molecule has 0 spiro atoms. The summed E-state index contributed by atoms with van der Waals surface area (Å²) in [5.74, 6) is 0. The van der Waals surface area contributed by atoms with Gasteiger partial charge in [-0.25, -0.2) is 0 Å². The van der Waals surface area contributed by atoms with Crippen molar-refractivity contribution in [2.75, 3.05) is 0 Å². The van der Waals surface area contributed by atoms with Gasteiger partial charge in [0.15, 0.2) is 0 Å². The topological polar surface area (TPSA) is 37.3 Å². The van der Waals surface area contributed by atoms with E-state index in [4.69, 9.17) is 0 Å². The summed E-state index contributed by atoms with van der Waals surface area (Å²) >= 11 is 0. The molecule has 0 heterocycles. The van der Waals surface area contributed by atoms with Gasteiger partial charge in [-0.15, -0.1) is 0 Å². The second-order valence-electron chi connectivity index (χ2n) is 5.78. The Morgan fingerprint density at radius 1 is 0.850 bits per heavy atom. The van der Waals surface area contributed by atoms with Crippen LogP contribution in [0.2, 0.25) is 0 Å².